The monoisotopic (exact) mass is 672 g/mol. The minimum absolute atomic E-state index is 3.16. The van der Waals surface area contributed by atoms with Crippen molar-refractivity contribution in [3.05, 3.63) is 0 Å². The molecule has 0 saturated carbocycles. The predicted octanol–water partition coefficient (Wildman–Crippen LogP) is 5.06. The third-order valence-electron chi connectivity index (χ3n) is 2.30. The molecule has 0 aromatic rings. The van der Waals surface area contributed by atoms with Gasteiger partial charge in [-0.1, -0.05) is 0 Å². The van der Waals surface area contributed by atoms with E-state index in [1.165, 1.54) is 0 Å². The molecule has 172 valence electrons. The van der Waals surface area contributed by atoms with Crippen LogP contribution in [0.3, 0.4) is 0 Å². The summed E-state index contributed by atoms with van der Waals surface area (Å²) < 4.78 is 218. The number of hydrogen-bond acceptors (Lipinski definition) is 4. The number of halogens is 18. The summed E-state index contributed by atoms with van der Waals surface area (Å²) in [5, 5.41) is -7.35. The van der Waals surface area contributed by atoms with Crippen LogP contribution in [0.5, 0.6) is 0 Å². The van der Waals surface area contributed by atoms with Gasteiger partial charge in [0.1, 0.15) is 0 Å². The van der Waals surface area contributed by atoms with Gasteiger partial charge in [0, 0.05) is 0 Å². The van der Waals surface area contributed by atoms with Gasteiger partial charge < -0.3 is 0 Å². The van der Waals surface area contributed by atoms with E-state index >= 15 is 0 Å². The topological polar surface area (TPSA) is 13.0 Å². The van der Waals surface area contributed by atoms with Gasteiger partial charge in [-0.2, -0.15) is 0 Å². The Hall–Kier alpha value is -0.485. The Morgan fingerprint density at radius 2 is 0.483 bits per heavy atom. The fourth-order valence-electron chi connectivity index (χ4n) is 1.48. The molecule has 0 rings (SSSR count). The van der Waals surface area contributed by atoms with Crippen LogP contribution in [0.4, 0.5) is 79.0 Å². The Balaban J connectivity index is 6.69. The first-order chi connectivity index (χ1) is 12.2. The molecule has 0 aliphatic rings. The Morgan fingerprint density at radius 1 is 0.310 bits per heavy atom. The number of hydrogen-bond donors (Lipinski definition) is 0. The van der Waals surface area contributed by atoms with E-state index in [0.717, 1.165) is 0 Å². The van der Waals surface area contributed by atoms with E-state index in [4.69, 9.17) is 0 Å². The first-order valence-corrected chi connectivity index (χ1v) is 10.7. The number of rotatable bonds is 4. The van der Waals surface area contributed by atoms with E-state index in [1.807, 2.05) is 0 Å². The maximum atomic E-state index is 12.6. The SMILES string of the molecule is FC(F)(F)[N]([Hg][N](N(C(F)(F)F)C(F)(F)F)C(F)(F)F)N(C(F)(F)F)C(F)(F)F. The van der Waals surface area contributed by atoms with Gasteiger partial charge in [0.25, 0.3) is 0 Å². The summed E-state index contributed by atoms with van der Waals surface area (Å²) in [5.74, 6) is 0. The molecule has 0 aliphatic heterocycles. The standard InChI is InChI=1S/2C3F9N2.Hg/c2*4-1(5,6)13-14(2(7,8)9)3(10,11)12;/q2*-1;+2. The van der Waals surface area contributed by atoms with E-state index in [-0.39, 0.29) is 0 Å². The summed E-state index contributed by atoms with van der Waals surface area (Å²) >= 11 is -7.01. The second kappa shape index (κ2) is 8.22. The van der Waals surface area contributed by atoms with Gasteiger partial charge in [-0.3, -0.25) is 0 Å². The molecule has 0 heterocycles. The zero-order chi connectivity index (χ0) is 24.0. The minimum atomic E-state index is -7.22. The Bertz CT molecular complexity index is 459. The van der Waals surface area contributed by atoms with E-state index in [2.05, 4.69) is 0 Å². The molecule has 4 nitrogen and oxygen atoms in total. The van der Waals surface area contributed by atoms with Crippen LogP contribution >= 0.6 is 0 Å². The van der Waals surface area contributed by atoms with Gasteiger partial charge in [-0.25, -0.2) is 0 Å². The molecule has 0 amide bonds. The molecule has 29 heavy (non-hydrogen) atoms. The first-order valence-electron chi connectivity index (χ1n) is 5.78. The third kappa shape index (κ3) is 7.93. The molecule has 0 atom stereocenters. The summed E-state index contributed by atoms with van der Waals surface area (Å²) in [6, 6.07) is 0. The van der Waals surface area contributed by atoms with Gasteiger partial charge in [-0.15, -0.1) is 0 Å². The van der Waals surface area contributed by atoms with Crippen LogP contribution in [0.2, 0.25) is 0 Å². The van der Waals surface area contributed by atoms with Gasteiger partial charge in [0.2, 0.25) is 0 Å². The van der Waals surface area contributed by atoms with Gasteiger partial charge >= 0.3 is 158 Å². The average molecular weight is 671 g/mol. The van der Waals surface area contributed by atoms with Crippen molar-refractivity contribution in [2.24, 2.45) is 0 Å². The molecule has 0 N–H and O–H groups in total. The second-order valence-corrected chi connectivity index (χ2v) is 10.1. The van der Waals surface area contributed by atoms with Gasteiger partial charge in [-0.05, 0) is 0 Å². The normalized spacial score (nSPS) is 15.7. The zero-order valence-electron chi connectivity index (χ0n) is 12.3. The predicted molar refractivity (Wildman–Crippen MR) is 43.7 cm³/mol. The van der Waals surface area contributed by atoms with Crippen LogP contribution in [0, 0.1) is 0 Å². The average Bonchev–Trinajstić information content (AvgIpc) is 2.26. The number of alkyl halides is 18. The van der Waals surface area contributed by atoms with Crippen LogP contribution in [0.1, 0.15) is 0 Å². The summed E-state index contributed by atoms with van der Waals surface area (Å²) in [5.41, 5.74) is 0. The van der Waals surface area contributed by atoms with Crippen LogP contribution in [0.15, 0.2) is 0 Å². The van der Waals surface area contributed by atoms with Crippen molar-refractivity contribution in [2.75, 3.05) is 0 Å². The Labute approximate surface area is 158 Å². The maximum absolute atomic E-state index is 12.6. The number of nitrogens with zero attached hydrogens (tertiary/aromatic N) is 4. The summed E-state index contributed by atoms with van der Waals surface area (Å²) in [7, 11) is 0. The molecule has 0 aromatic heterocycles. The van der Waals surface area contributed by atoms with Crippen molar-refractivity contribution in [2.45, 2.75) is 37.8 Å². The van der Waals surface area contributed by atoms with Crippen molar-refractivity contribution < 1.29 is 104 Å². The van der Waals surface area contributed by atoms with E-state index in [1.54, 1.807) is 0 Å². The van der Waals surface area contributed by atoms with Gasteiger partial charge in [0.05, 0.1) is 0 Å². The molecular formula is C6F18HgN4. The van der Waals surface area contributed by atoms with Gasteiger partial charge in [0.15, 0.2) is 0 Å². The van der Waals surface area contributed by atoms with Crippen molar-refractivity contribution in [1.29, 1.82) is 0 Å². The molecule has 23 heteroatoms. The molecule has 0 aromatic carbocycles. The number of hydrazine groups is 2. The summed E-state index contributed by atoms with van der Waals surface area (Å²) in [6.45, 7) is 0. The van der Waals surface area contributed by atoms with Crippen molar-refractivity contribution in [3.8, 4) is 0 Å². The van der Waals surface area contributed by atoms with Crippen molar-refractivity contribution in [3.63, 3.8) is 0 Å². The Morgan fingerprint density at radius 3 is 0.586 bits per heavy atom. The summed E-state index contributed by atoms with van der Waals surface area (Å²) in [6.07, 6.45) is -43.1. The second-order valence-electron chi connectivity index (χ2n) is 4.37. The zero-order valence-corrected chi connectivity index (χ0v) is 17.8. The van der Waals surface area contributed by atoms with Crippen LogP contribution in [-0.2, 0) is 25.2 Å². The van der Waals surface area contributed by atoms with Crippen LogP contribution in [0.25, 0.3) is 0 Å². The van der Waals surface area contributed by atoms with E-state index in [0.29, 0.717) is 0 Å². The summed E-state index contributed by atoms with van der Waals surface area (Å²) in [4.78, 5) is 0. The fourth-order valence-corrected chi connectivity index (χ4v) is 7.19. The van der Waals surface area contributed by atoms with Crippen molar-refractivity contribution in [1.82, 2.24) is 15.6 Å². The van der Waals surface area contributed by atoms with Crippen LogP contribution in [-0.4, -0.2) is 53.4 Å². The molecule has 0 unspecified atom stereocenters. The molecule has 0 saturated heterocycles. The Kier molecular flexibility index (Phi) is 8.08. The molecule has 0 fully saturated rings. The first kappa shape index (κ1) is 28.5. The third-order valence-corrected chi connectivity index (χ3v) is 9.37. The van der Waals surface area contributed by atoms with E-state index in [9.17, 15) is 79.0 Å². The molecule has 0 radical (unpaired) electrons. The quantitative estimate of drug-likeness (QED) is 0.180. The molecular weight excluding hydrogens is 671 g/mol. The van der Waals surface area contributed by atoms with Crippen molar-refractivity contribution >= 4 is 0 Å². The fraction of sp³-hybridized carbons (Fsp3) is 1.00. The molecule has 0 aliphatic carbocycles. The molecule has 0 spiro atoms. The molecule has 0 bridgehead atoms. The van der Waals surface area contributed by atoms with Crippen LogP contribution < -0.4 is 0 Å². The van der Waals surface area contributed by atoms with E-state index < -0.39 is 78.5 Å².